The van der Waals surface area contributed by atoms with Crippen molar-refractivity contribution in [1.29, 1.82) is 0 Å². The summed E-state index contributed by atoms with van der Waals surface area (Å²) < 4.78 is 55.9. The Kier molecular flexibility index (Phi) is 39.7. The molecule has 0 spiro atoms. The van der Waals surface area contributed by atoms with Crippen molar-refractivity contribution in [1.82, 2.24) is 72.4 Å². The van der Waals surface area contributed by atoms with E-state index in [1.807, 2.05) is 152 Å². The van der Waals surface area contributed by atoms with Gasteiger partial charge in [0.2, 0.25) is 0 Å². The van der Waals surface area contributed by atoms with Crippen molar-refractivity contribution in [3.8, 4) is 22.8 Å². The number of unbranched alkanes of at least 4 members (excludes halogenated alkanes) is 3. The summed E-state index contributed by atoms with van der Waals surface area (Å²) in [6.45, 7) is 12.5. The molecule has 6 aliphatic rings. The molecule has 0 unspecified atom stereocenters. The van der Waals surface area contributed by atoms with Crippen LogP contribution in [0.25, 0.3) is 45.4 Å². The minimum Gasteiger partial charge on any atom is -0.307 e. The molecule has 14 aromatic rings. The van der Waals surface area contributed by atoms with Crippen LogP contribution in [0.15, 0.2) is 223 Å². The number of aryl methyl sites for hydroxylation is 1. The van der Waals surface area contributed by atoms with Gasteiger partial charge in [0.1, 0.15) is 66.9 Å². The fourth-order valence-electron chi connectivity index (χ4n) is 13.7. The number of benzene rings is 2. The number of nitrogens with zero attached hydrogens (tertiary/aromatic N) is 16. The van der Waals surface area contributed by atoms with Crippen LogP contribution < -0.4 is 20.5 Å². The van der Waals surface area contributed by atoms with Crippen LogP contribution in [0.2, 0.25) is 23.6 Å². The number of carbonyl (C=O) groups is 2. The minimum atomic E-state index is -4.36. The number of aliphatic hydroxyl groups is 1. The number of thiol groups is 1. The van der Waals surface area contributed by atoms with Gasteiger partial charge >= 0.3 is 165 Å². The zero-order valence-electron chi connectivity index (χ0n) is 72.7. The largest absolute Gasteiger partial charge is 0.307 e. The van der Waals surface area contributed by atoms with Gasteiger partial charge in [-0.05, 0) is 211 Å². The summed E-state index contributed by atoms with van der Waals surface area (Å²) in [7, 11) is 4.34. The van der Waals surface area contributed by atoms with Crippen LogP contribution in [0.5, 0.6) is 0 Å². The maximum Gasteiger partial charge on any atom is 0.136 e. The Balaban J connectivity index is 0.000000154. The van der Waals surface area contributed by atoms with E-state index in [-0.39, 0.29) is 6.61 Å². The van der Waals surface area contributed by atoms with Crippen LogP contribution in [0.1, 0.15) is 208 Å². The Morgan fingerprint density at radius 1 is 0.567 bits per heavy atom. The number of carbonyl (C=O) groups excluding carboxylic acids is 2. The Morgan fingerprint density at radius 3 is 1.43 bits per heavy atom. The number of hydrogen-bond donors (Lipinski definition) is 5. The fourth-order valence-corrected chi connectivity index (χ4v) is 30.5. The molecule has 6 N–H and O–H groups in total. The second-order valence-electron chi connectivity index (χ2n) is 31.9. The van der Waals surface area contributed by atoms with E-state index in [1.165, 1.54) is 123 Å². The first-order valence-electron chi connectivity index (χ1n) is 43.4. The van der Waals surface area contributed by atoms with E-state index < -0.39 is 30.1 Å². The first kappa shape index (κ1) is 99.8. The fraction of sp³-hybridized carbons (Fsp3) is 0.379. The van der Waals surface area contributed by atoms with Gasteiger partial charge in [-0.1, -0.05) is 75.6 Å². The number of ketones is 2. The third-order valence-corrected chi connectivity index (χ3v) is 38.1. The predicted octanol–water partition coefficient (Wildman–Crippen LogP) is 23.9. The van der Waals surface area contributed by atoms with Crippen molar-refractivity contribution in [2.45, 2.75) is 200 Å². The molecule has 0 bridgehead atoms. The molecule has 0 atom stereocenters. The molecule has 20 rings (SSSR count). The van der Waals surface area contributed by atoms with E-state index in [0.29, 0.717) is 79.8 Å². The number of aliphatic hydroxyl groups excluding tert-OH is 1. The number of fused-ring (bicyclic) bond motifs is 4. The molecule has 6 fully saturated rings. The van der Waals surface area contributed by atoms with Crippen molar-refractivity contribution in [2.24, 2.45) is 16.1 Å². The van der Waals surface area contributed by atoms with E-state index in [9.17, 15) is 22.8 Å². The zero-order valence-corrected chi connectivity index (χ0v) is 81.1. The molecule has 22 nitrogen and oxygen atoms in total. The molecular formula is C95H112BBr2Cl2F3N19O3SSn. The number of nitrogens with one attached hydrogen (secondary N) is 1. The van der Waals surface area contributed by atoms with E-state index in [2.05, 4.69) is 142 Å². The van der Waals surface area contributed by atoms with Gasteiger partial charge in [-0.2, -0.15) is 13.2 Å². The molecule has 2 aromatic carbocycles. The Bertz CT molecular complexity index is 5680. The molecule has 12 aromatic heterocycles. The van der Waals surface area contributed by atoms with Crippen molar-refractivity contribution >= 4 is 155 Å². The van der Waals surface area contributed by atoms with Gasteiger partial charge in [0.25, 0.3) is 0 Å². The Morgan fingerprint density at radius 2 is 1.02 bits per heavy atom. The minimum absolute atomic E-state index is 0.250. The number of pyridine rings is 5. The van der Waals surface area contributed by atoms with Crippen LogP contribution >= 0.6 is 67.9 Å². The van der Waals surface area contributed by atoms with Gasteiger partial charge in [0, 0.05) is 90.7 Å². The van der Waals surface area contributed by atoms with Gasteiger partial charge in [-0.3, -0.25) is 32.8 Å². The van der Waals surface area contributed by atoms with E-state index in [1.54, 1.807) is 57.1 Å². The van der Waals surface area contributed by atoms with E-state index in [4.69, 9.17) is 54.7 Å². The van der Waals surface area contributed by atoms with Crippen LogP contribution in [0.4, 0.5) is 36.2 Å². The SMILES string of the molecule is Brc1c(C2CC2)nc2ccccn12.CC(=O)C1CC1.CCC[CH2][Sn]([CH2]CCC)([CH2]CCC)[c]1cncc(Cl)n1.CCO.Cc1ccc(N)cc1.Clc1cncc(-c2c(C3CC3)nc3ccccn23)n1.FC(F)(F)c1ccc(Nc2cncc(-c3c(C4CC4)nc4ccccn34)n2)cc1.Nc1ccccn1.O=C(CBr)C1CC1.[B]=NS.c1ccn2cc(C3CC3)nc2c1. The monoisotopic (exact) mass is 2010 g/mol. The smallest absolute Gasteiger partial charge is 0.136 e. The first-order chi connectivity index (χ1) is 61.4. The molecule has 12 heterocycles. The molecule has 0 saturated heterocycles. The van der Waals surface area contributed by atoms with Crippen molar-refractivity contribution in [2.75, 3.05) is 28.7 Å². The zero-order chi connectivity index (χ0) is 90.8. The standard InChI is InChI=1S/C21H16F3N5.C14H11ClN4.C10H9BrN2.C10H10N2.C7H9N.C5H7BrO.C5H6N2.C5H8O.C4H2ClN2.3C4H9.C2H6O.BHNS.Sn/c22-21(23,24)14-6-8-15(9-7-14)26-17-12-25-11-16(27-17)20-19(13-4-5-13)28-18-3-1-2-10-29(18)20;15-11-8-16-7-10(17-11)14-13(9-4-5-9)18-12-3-1-2-6-19(12)14;11-10-9(7-4-5-7)12-8-3-1-2-6-13(8)10;1-2-6-12-7-9(8-4-5-8)11-10(12)3-1;1-6-2-4-7(8)5-3-6;6-3-5(7)4-1-2-4;6-5-3-1-2-4-7-5;1-4(6)5-2-3-5;5-4-3-6-1-2-7-4;3*1-3-4-2;2*1-2-3;/h1-3,6-13H,4-5H2,(H,26,27);1-3,6-9H,4-5H2;1-3,6-7H,4-5H2;1-3,6-8H,4-5H2;2-5H,8H2,1H3;4H,1-3H2;1-4H,(H2,6,7);5H,2-3H2,1H3;1,3H;3*1,3-4H2,2H3;3H,2H2,1H3;3H;. The molecule has 6 aliphatic carbocycles. The summed E-state index contributed by atoms with van der Waals surface area (Å²) in [5, 5.41) is 12.1. The van der Waals surface area contributed by atoms with Gasteiger partial charge < -0.3 is 26.3 Å². The quantitative estimate of drug-likeness (QED) is 0.0193. The third-order valence-electron chi connectivity index (χ3n) is 21.3. The molecule has 6 saturated carbocycles. The Hall–Kier alpha value is -9.37. The summed E-state index contributed by atoms with van der Waals surface area (Å²) in [5.41, 5.74) is 24.5. The van der Waals surface area contributed by atoms with Gasteiger partial charge in [-0.25, -0.2) is 34.9 Å². The molecule has 0 amide bonds. The predicted molar refractivity (Wildman–Crippen MR) is 519 cm³/mol. The number of anilines is 4. The van der Waals surface area contributed by atoms with Crippen LogP contribution in [-0.2, 0) is 15.8 Å². The molecular weight excluding hydrogens is 1900 g/mol. The number of aromatic nitrogens is 15. The second-order valence-corrected chi connectivity index (χ2v) is 47.3. The normalized spacial score (nSPS) is 14.0. The average molecular weight is 2020 g/mol. The summed E-state index contributed by atoms with van der Waals surface area (Å²) in [6.07, 6.45) is 40.0. The summed E-state index contributed by atoms with van der Waals surface area (Å²) in [5.74, 6) is 5.10. The van der Waals surface area contributed by atoms with Crippen molar-refractivity contribution < 1.29 is 27.9 Å². The number of nitrogens with two attached hydrogens (primary N) is 2. The number of nitrogen functional groups attached to an aromatic ring is 2. The van der Waals surface area contributed by atoms with Gasteiger partial charge in [0.05, 0.1) is 69.8 Å². The number of rotatable bonds is 21. The topological polar surface area (TPSA) is 290 Å². The van der Waals surface area contributed by atoms with Gasteiger partial charge in [0.15, 0.2) is 0 Å². The molecule has 1 radical (unpaired) electrons. The first-order valence-corrected chi connectivity index (χ1v) is 54.0. The van der Waals surface area contributed by atoms with Crippen molar-refractivity contribution in [3.63, 3.8) is 0 Å². The molecule has 0 aliphatic heterocycles. The summed E-state index contributed by atoms with van der Waals surface area (Å²) in [6, 6.07) is 42.1. The number of halogens is 7. The van der Waals surface area contributed by atoms with Crippen LogP contribution in [0.3, 0.4) is 0 Å². The second kappa shape index (κ2) is 50.6. The van der Waals surface area contributed by atoms with Crippen LogP contribution in [-0.4, -0.2) is 127 Å². The average Bonchev–Trinajstić information content (AvgIpc) is 1.62. The van der Waals surface area contributed by atoms with Crippen LogP contribution in [0, 0.1) is 18.8 Å². The summed E-state index contributed by atoms with van der Waals surface area (Å²) >= 11 is 19.6. The molecule has 667 valence electrons. The number of alkyl halides is 4. The number of hydrogen-bond acceptors (Lipinski definition) is 19. The third kappa shape index (κ3) is 31.8. The maximum atomic E-state index is 12.7. The van der Waals surface area contributed by atoms with Crippen molar-refractivity contribution in [3.05, 3.63) is 263 Å². The number of Topliss-reactive ketones (excluding diaryl/α,β-unsaturated/α-hetero) is 2. The maximum absolute atomic E-state index is 12.7. The van der Waals surface area contributed by atoms with Gasteiger partial charge in [-0.15, -0.1) is 0 Å². The molecule has 32 heteroatoms. The Labute approximate surface area is 779 Å². The van der Waals surface area contributed by atoms with E-state index >= 15 is 0 Å². The molecule has 127 heavy (non-hydrogen) atoms. The number of imidazole rings is 4. The van der Waals surface area contributed by atoms with E-state index in [0.717, 1.165) is 118 Å². The summed E-state index contributed by atoms with van der Waals surface area (Å²) in [4.78, 5) is 69.6.